The molecule has 0 heterocycles. The minimum Gasteiger partial charge on any atom is -0.469 e. The molecule has 1 aliphatic carbocycles. The van der Waals surface area contributed by atoms with Crippen molar-refractivity contribution < 1.29 is 24.2 Å². The van der Waals surface area contributed by atoms with E-state index in [1.165, 1.54) is 95.8 Å². The Hall–Kier alpha value is -1.01. The third-order valence-corrected chi connectivity index (χ3v) is 7.78. The van der Waals surface area contributed by atoms with Crippen molar-refractivity contribution in [3.63, 3.8) is 0 Å². The van der Waals surface area contributed by atoms with Gasteiger partial charge in [0.05, 0.1) is 37.7 Å². The molecule has 1 rings (SSSR count). The number of esters is 2. The first-order valence-electron chi connectivity index (χ1n) is 12.7. The lowest BCUT2D eigenvalue weighted by Crippen LogP contribution is -2.39. The number of carbonyl (C=O) groups is 2. The Labute approximate surface area is 200 Å². The third-order valence-electron chi connectivity index (χ3n) is 6.44. The van der Waals surface area contributed by atoms with Crippen molar-refractivity contribution in [2.24, 2.45) is 5.92 Å². The lowest BCUT2D eigenvalue weighted by atomic mass is 9.80. The number of methoxy groups -OCH3 is 2. The van der Waals surface area contributed by atoms with Crippen LogP contribution in [0.15, 0.2) is 11.6 Å². The molecule has 1 fully saturated rings. The van der Waals surface area contributed by atoms with Gasteiger partial charge in [0.25, 0.3) is 0 Å². The van der Waals surface area contributed by atoms with Crippen molar-refractivity contribution in [3.8, 4) is 0 Å². The second-order valence-corrected chi connectivity index (χ2v) is 10.1. The van der Waals surface area contributed by atoms with Crippen LogP contribution in [0.3, 0.4) is 0 Å². The van der Waals surface area contributed by atoms with Crippen molar-refractivity contribution in [2.75, 3.05) is 20.0 Å². The van der Waals surface area contributed by atoms with Crippen LogP contribution in [0.2, 0.25) is 0 Å². The van der Waals surface area contributed by atoms with Crippen LogP contribution in [0.5, 0.6) is 0 Å². The van der Waals surface area contributed by atoms with E-state index >= 15 is 0 Å². The van der Waals surface area contributed by atoms with Gasteiger partial charge in [-0.15, -0.1) is 11.8 Å². The fourth-order valence-electron chi connectivity index (χ4n) is 4.39. The molecule has 0 aromatic rings. The summed E-state index contributed by atoms with van der Waals surface area (Å²) in [7, 11) is 2.75. The van der Waals surface area contributed by atoms with Gasteiger partial charge in [0.15, 0.2) is 0 Å². The van der Waals surface area contributed by atoms with Gasteiger partial charge in [-0.1, -0.05) is 82.8 Å². The molecule has 32 heavy (non-hydrogen) atoms. The molecule has 5 nitrogen and oxygen atoms in total. The van der Waals surface area contributed by atoms with Crippen LogP contribution in [0.25, 0.3) is 0 Å². The van der Waals surface area contributed by atoms with Gasteiger partial charge in [0.2, 0.25) is 0 Å². The zero-order chi connectivity index (χ0) is 23.6. The fourth-order valence-corrected chi connectivity index (χ4v) is 5.67. The standard InChI is InChI=1S/C26H46O5S/c1-4-5-6-7-8-9-10-11-12-13-14-15-16-21-17-18-22(19-23(27)30-2)25(29)26(21)32-20-24(28)31-3/h16,22,25-26,29H,4-15,17-20H2,1-3H3/t22-,25-,26-/m0/s1. The van der Waals surface area contributed by atoms with Crippen LogP contribution in [0.1, 0.15) is 103 Å². The molecule has 0 aliphatic heterocycles. The molecule has 6 heteroatoms. The second-order valence-electron chi connectivity index (χ2n) is 8.98. The van der Waals surface area contributed by atoms with Crippen LogP contribution in [-0.4, -0.2) is 48.4 Å². The first kappa shape index (κ1) is 29.0. The van der Waals surface area contributed by atoms with Crippen LogP contribution >= 0.6 is 11.8 Å². The molecular formula is C26H46O5S. The van der Waals surface area contributed by atoms with E-state index in [2.05, 4.69) is 13.0 Å². The number of thioether (sulfide) groups is 1. The van der Waals surface area contributed by atoms with Crippen molar-refractivity contribution in [3.05, 3.63) is 11.6 Å². The summed E-state index contributed by atoms with van der Waals surface area (Å²) in [6, 6.07) is 0. The number of hydrogen-bond donors (Lipinski definition) is 1. The van der Waals surface area contributed by atoms with Crippen LogP contribution < -0.4 is 0 Å². The fraction of sp³-hybridized carbons (Fsp3) is 0.846. The number of allylic oxidation sites excluding steroid dienone is 1. The summed E-state index contributed by atoms with van der Waals surface area (Å²) >= 11 is 1.42. The highest BCUT2D eigenvalue weighted by Gasteiger charge is 2.36. The van der Waals surface area contributed by atoms with Crippen molar-refractivity contribution in [2.45, 2.75) is 115 Å². The predicted molar refractivity (Wildman–Crippen MR) is 133 cm³/mol. The highest BCUT2D eigenvalue weighted by molar-refractivity contribution is 8.00. The Kier molecular flexibility index (Phi) is 16.7. The minimum absolute atomic E-state index is 0.128. The molecule has 0 saturated heterocycles. The smallest absolute Gasteiger partial charge is 0.315 e. The SMILES string of the molecule is CCCCCCCCCCCCCC=C1CC[C@@H](CC(=O)OC)[C@H](O)[C@H]1SCC(=O)OC. The topological polar surface area (TPSA) is 72.8 Å². The van der Waals surface area contributed by atoms with E-state index in [-0.39, 0.29) is 35.3 Å². The van der Waals surface area contributed by atoms with E-state index in [0.717, 1.165) is 25.7 Å². The number of ether oxygens (including phenoxy) is 2. The first-order valence-corrected chi connectivity index (χ1v) is 13.7. The van der Waals surface area contributed by atoms with E-state index in [0.29, 0.717) is 0 Å². The largest absolute Gasteiger partial charge is 0.469 e. The van der Waals surface area contributed by atoms with Gasteiger partial charge in [0, 0.05) is 0 Å². The average Bonchev–Trinajstić information content (AvgIpc) is 2.80. The summed E-state index contributed by atoms with van der Waals surface area (Å²) in [5.41, 5.74) is 1.21. The number of aliphatic hydroxyl groups excluding tert-OH is 1. The molecule has 0 unspecified atom stereocenters. The van der Waals surface area contributed by atoms with Crippen molar-refractivity contribution in [1.29, 1.82) is 0 Å². The van der Waals surface area contributed by atoms with Crippen LogP contribution in [0.4, 0.5) is 0 Å². The zero-order valence-corrected chi connectivity index (χ0v) is 21.4. The van der Waals surface area contributed by atoms with Crippen LogP contribution in [-0.2, 0) is 19.1 Å². The second kappa shape index (κ2) is 18.4. The van der Waals surface area contributed by atoms with Crippen molar-refractivity contribution >= 4 is 23.7 Å². The summed E-state index contributed by atoms with van der Waals surface area (Å²) < 4.78 is 9.55. The number of unbranched alkanes of at least 4 members (excludes halogenated alkanes) is 11. The lowest BCUT2D eigenvalue weighted by Gasteiger charge is -2.36. The van der Waals surface area contributed by atoms with Gasteiger partial charge in [-0.25, -0.2) is 0 Å². The van der Waals surface area contributed by atoms with Crippen molar-refractivity contribution in [1.82, 2.24) is 0 Å². The summed E-state index contributed by atoms with van der Waals surface area (Å²) in [5.74, 6) is -0.503. The molecule has 0 aromatic carbocycles. The highest BCUT2D eigenvalue weighted by atomic mass is 32.2. The van der Waals surface area contributed by atoms with E-state index in [1.54, 1.807) is 0 Å². The maximum absolute atomic E-state index is 11.7. The quantitative estimate of drug-likeness (QED) is 0.154. The first-order chi connectivity index (χ1) is 15.5. The number of rotatable bonds is 17. The summed E-state index contributed by atoms with van der Waals surface area (Å²) in [6.45, 7) is 2.26. The number of hydrogen-bond acceptors (Lipinski definition) is 6. The molecule has 0 radical (unpaired) electrons. The Balaban J connectivity index is 2.38. The molecule has 186 valence electrons. The Morgan fingerprint density at radius 2 is 1.50 bits per heavy atom. The maximum Gasteiger partial charge on any atom is 0.315 e. The van der Waals surface area contributed by atoms with E-state index in [1.807, 2.05) is 0 Å². The Morgan fingerprint density at radius 3 is 2.06 bits per heavy atom. The van der Waals surface area contributed by atoms with Gasteiger partial charge >= 0.3 is 11.9 Å². The summed E-state index contributed by atoms with van der Waals surface area (Å²) in [6.07, 6.45) is 19.1. The number of carbonyl (C=O) groups excluding carboxylic acids is 2. The van der Waals surface area contributed by atoms with Gasteiger partial charge < -0.3 is 14.6 Å². The third kappa shape index (κ3) is 12.3. The molecule has 0 amide bonds. The summed E-state index contributed by atoms with van der Waals surface area (Å²) in [5, 5.41) is 10.7. The molecule has 1 aliphatic rings. The molecule has 1 saturated carbocycles. The van der Waals surface area contributed by atoms with E-state index < -0.39 is 6.10 Å². The number of aliphatic hydroxyl groups is 1. The lowest BCUT2D eigenvalue weighted by molar-refractivity contribution is -0.143. The highest BCUT2D eigenvalue weighted by Crippen LogP contribution is 2.38. The molecule has 1 N–H and O–H groups in total. The molecular weight excluding hydrogens is 424 g/mol. The minimum atomic E-state index is -0.652. The predicted octanol–water partition coefficient (Wildman–Crippen LogP) is 6.22. The molecule has 0 aromatic heterocycles. The van der Waals surface area contributed by atoms with Gasteiger partial charge in [-0.2, -0.15) is 0 Å². The summed E-state index contributed by atoms with van der Waals surface area (Å²) in [4.78, 5) is 23.3. The monoisotopic (exact) mass is 470 g/mol. The Bertz CT molecular complexity index is 548. The molecule has 0 spiro atoms. The Morgan fingerprint density at radius 1 is 0.938 bits per heavy atom. The van der Waals surface area contributed by atoms with E-state index in [9.17, 15) is 14.7 Å². The average molecular weight is 471 g/mol. The molecule has 3 atom stereocenters. The normalized spacial score (nSPS) is 22.1. The molecule has 0 bridgehead atoms. The maximum atomic E-state index is 11.7. The van der Waals surface area contributed by atoms with Gasteiger partial charge in [0.1, 0.15) is 0 Å². The van der Waals surface area contributed by atoms with Gasteiger partial charge in [-0.05, 0) is 31.6 Å². The van der Waals surface area contributed by atoms with Crippen LogP contribution in [0, 0.1) is 5.92 Å². The van der Waals surface area contributed by atoms with Gasteiger partial charge in [-0.3, -0.25) is 9.59 Å². The van der Waals surface area contributed by atoms with E-state index in [4.69, 9.17) is 9.47 Å². The zero-order valence-electron chi connectivity index (χ0n) is 20.6.